The summed E-state index contributed by atoms with van der Waals surface area (Å²) in [6.07, 6.45) is 0. The second kappa shape index (κ2) is 6.90. The van der Waals surface area contributed by atoms with Crippen molar-refractivity contribution in [3.63, 3.8) is 0 Å². The first kappa shape index (κ1) is 21.4. The Kier molecular flexibility index (Phi) is 5.46. The van der Waals surface area contributed by atoms with E-state index in [1.807, 2.05) is 34.6 Å². The standard InChI is InChI=1S/C19H30N2O5Si/c1-18(2,3)14-10-12(21(23)24)9-13(16(14)22)17-20-15(11-25-17)19(4,5)26-27(6,7)8/h9-10,15,22H,11H2,1-8H3/t15-/m0/s1. The van der Waals surface area contributed by atoms with Gasteiger partial charge in [0.2, 0.25) is 5.90 Å². The fraction of sp³-hybridized carbons (Fsp3) is 0.632. The third-order valence-corrected chi connectivity index (χ3v) is 5.51. The Bertz CT molecular complexity index is 776. The second-order valence-corrected chi connectivity index (χ2v) is 13.9. The summed E-state index contributed by atoms with van der Waals surface area (Å²) in [5.41, 5.74) is -0.362. The predicted octanol–water partition coefficient (Wildman–Crippen LogP) is 4.37. The van der Waals surface area contributed by atoms with Crippen LogP contribution in [0.4, 0.5) is 5.69 Å². The van der Waals surface area contributed by atoms with E-state index >= 15 is 0 Å². The lowest BCUT2D eigenvalue weighted by Gasteiger charge is -2.35. The lowest BCUT2D eigenvalue weighted by molar-refractivity contribution is -0.385. The van der Waals surface area contributed by atoms with Crippen LogP contribution in [0, 0.1) is 10.1 Å². The number of nitrogens with zero attached hydrogens (tertiary/aromatic N) is 2. The van der Waals surface area contributed by atoms with Gasteiger partial charge in [0, 0.05) is 17.7 Å². The molecule has 7 nitrogen and oxygen atoms in total. The number of nitro groups is 1. The van der Waals surface area contributed by atoms with Crippen LogP contribution in [-0.4, -0.2) is 42.5 Å². The molecule has 0 aliphatic carbocycles. The van der Waals surface area contributed by atoms with Crippen LogP contribution in [0.1, 0.15) is 45.7 Å². The van der Waals surface area contributed by atoms with Crippen LogP contribution < -0.4 is 0 Å². The van der Waals surface area contributed by atoms with Crippen molar-refractivity contribution in [2.45, 2.75) is 71.3 Å². The van der Waals surface area contributed by atoms with Gasteiger partial charge in [-0.2, -0.15) is 0 Å². The van der Waals surface area contributed by atoms with E-state index in [2.05, 4.69) is 24.6 Å². The molecule has 0 saturated carbocycles. The van der Waals surface area contributed by atoms with Crippen LogP contribution in [0.3, 0.4) is 0 Å². The number of hydrogen-bond donors (Lipinski definition) is 1. The molecule has 0 bridgehead atoms. The Hall–Kier alpha value is -1.93. The highest BCUT2D eigenvalue weighted by Gasteiger charge is 2.39. The van der Waals surface area contributed by atoms with Crippen LogP contribution >= 0.6 is 0 Å². The summed E-state index contributed by atoms with van der Waals surface area (Å²) in [4.78, 5) is 15.5. The molecule has 0 amide bonds. The van der Waals surface area contributed by atoms with Gasteiger partial charge in [-0.15, -0.1) is 0 Å². The molecule has 0 radical (unpaired) electrons. The summed E-state index contributed by atoms with van der Waals surface area (Å²) in [7, 11) is -1.79. The summed E-state index contributed by atoms with van der Waals surface area (Å²) >= 11 is 0. The van der Waals surface area contributed by atoms with Crippen LogP contribution in [0.25, 0.3) is 0 Å². The lowest BCUT2D eigenvalue weighted by atomic mass is 9.84. The number of phenolic OH excluding ortho intramolecular Hbond substituents is 1. The molecule has 1 aromatic carbocycles. The van der Waals surface area contributed by atoms with E-state index in [1.54, 1.807) is 0 Å². The van der Waals surface area contributed by atoms with E-state index in [-0.39, 0.29) is 28.9 Å². The molecule has 1 aliphatic rings. The smallest absolute Gasteiger partial charge is 0.270 e. The highest BCUT2D eigenvalue weighted by atomic mass is 28.4. The highest BCUT2D eigenvalue weighted by Crippen LogP contribution is 2.38. The molecule has 0 saturated heterocycles. The summed E-state index contributed by atoms with van der Waals surface area (Å²) < 4.78 is 12.0. The number of aliphatic imine (C=N–C) groups is 1. The van der Waals surface area contributed by atoms with Gasteiger partial charge in [-0.05, 0) is 38.9 Å². The molecule has 1 heterocycles. The highest BCUT2D eigenvalue weighted by molar-refractivity contribution is 6.69. The molecule has 0 unspecified atom stereocenters. The van der Waals surface area contributed by atoms with Gasteiger partial charge in [-0.25, -0.2) is 4.99 Å². The monoisotopic (exact) mass is 394 g/mol. The Labute approximate surface area is 161 Å². The zero-order chi connectivity index (χ0) is 20.8. The molecule has 1 N–H and O–H groups in total. The fourth-order valence-electron chi connectivity index (χ4n) is 3.19. The molecule has 1 aromatic rings. The molecule has 0 fully saturated rings. The summed E-state index contributed by atoms with van der Waals surface area (Å²) in [5, 5.41) is 22.1. The predicted molar refractivity (Wildman–Crippen MR) is 108 cm³/mol. The number of phenols is 1. The Balaban J connectivity index is 2.49. The van der Waals surface area contributed by atoms with E-state index in [0.29, 0.717) is 12.2 Å². The average Bonchev–Trinajstić information content (AvgIpc) is 2.93. The molecule has 8 heteroatoms. The van der Waals surface area contributed by atoms with Gasteiger partial charge in [0.15, 0.2) is 8.32 Å². The van der Waals surface area contributed by atoms with Gasteiger partial charge < -0.3 is 14.3 Å². The van der Waals surface area contributed by atoms with Gasteiger partial charge in [-0.3, -0.25) is 10.1 Å². The van der Waals surface area contributed by atoms with Gasteiger partial charge in [0.1, 0.15) is 18.4 Å². The van der Waals surface area contributed by atoms with Gasteiger partial charge in [0.25, 0.3) is 5.69 Å². The van der Waals surface area contributed by atoms with E-state index < -0.39 is 24.3 Å². The number of hydrogen-bond acceptors (Lipinski definition) is 6. The van der Waals surface area contributed by atoms with Gasteiger partial charge in [0.05, 0.1) is 16.1 Å². The van der Waals surface area contributed by atoms with Crippen molar-refractivity contribution >= 4 is 19.9 Å². The molecule has 1 atom stereocenters. The van der Waals surface area contributed by atoms with Crippen molar-refractivity contribution in [2.75, 3.05) is 6.61 Å². The molecule has 27 heavy (non-hydrogen) atoms. The summed E-state index contributed by atoms with van der Waals surface area (Å²) in [6, 6.07) is 2.47. The fourth-order valence-corrected chi connectivity index (χ4v) is 4.91. The normalized spacial score (nSPS) is 18.2. The second-order valence-electron chi connectivity index (χ2n) is 9.48. The largest absolute Gasteiger partial charge is 0.507 e. The van der Waals surface area contributed by atoms with Crippen molar-refractivity contribution in [3.8, 4) is 5.75 Å². The van der Waals surface area contributed by atoms with Crippen molar-refractivity contribution in [2.24, 2.45) is 4.99 Å². The summed E-state index contributed by atoms with van der Waals surface area (Å²) in [6.45, 7) is 16.2. The van der Waals surface area contributed by atoms with Crippen LogP contribution in [-0.2, 0) is 14.6 Å². The molecular formula is C19H30N2O5Si. The maximum Gasteiger partial charge on any atom is 0.270 e. The Morgan fingerprint density at radius 1 is 1.26 bits per heavy atom. The van der Waals surface area contributed by atoms with Crippen molar-refractivity contribution in [3.05, 3.63) is 33.4 Å². The van der Waals surface area contributed by atoms with Crippen LogP contribution in [0.2, 0.25) is 19.6 Å². The zero-order valence-electron chi connectivity index (χ0n) is 17.4. The Morgan fingerprint density at radius 3 is 2.33 bits per heavy atom. The maximum atomic E-state index is 11.4. The molecule has 1 aliphatic heterocycles. The van der Waals surface area contributed by atoms with Crippen molar-refractivity contribution in [1.29, 1.82) is 0 Å². The SMILES string of the molecule is CC(C)(C)c1cc([N+](=O)[O-])cc(C2=N[C@H](C(C)(C)O[Si](C)(C)C)CO2)c1O. The summed E-state index contributed by atoms with van der Waals surface area (Å²) in [5.74, 6) is 0.190. The van der Waals surface area contributed by atoms with Crippen molar-refractivity contribution in [1.82, 2.24) is 0 Å². The first-order chi connectivity index (χ1) is 12.1. The average molecular weight is 395 g/mol. The maximum absolute atomic E-state index is 11.4. The molecule has 0 spiro atoms. The number of aromatic hydroxyl groups is 1. The first-order valence-electron chi connectivity index (χ1n) is 9.05. The van der Waals surface area contributed by atoms with Gasteiger partial charge in [-0.1, -0.05) is 20.8 Å². The van der Waals surface area contributed by atoms with Crippen molar-refractivity contribution < 1.29 is 19.2 Å². The first-order valence-corrected chi connectivity index (χ1v) is 12.5. The van der Waals surface area contributed by atoms with Crippen LogP contribution in [0.15, 0.2) is 17.1 Å². The number of ether oxygens (including phenoxy) is 1. The third kappa shape index (κ3) is 4.87. The topological polar surface area (TPSA) is 94.2 Å². The molecule has 2 rings (SSSR count). The molecule has 150 valence electrons. The number of rotatable bonds is 5. The van der Waals surface area contributed by atoms with Crippen LogP contribution in [0.5, 0.6) is 5.75 Å². The number of nitro benzene ring substituents is 1. The minimum atomic E-state index is -1.79. The third-order valence-electron chi connectivity index (χ3n) is 4.37. The molecular weight excluding hydrogens is 364 g/mol. The van der Waals surface area contributed by atoms with E-state index in [0.717, 1.165) is 0 Å². The molecule has 0 aromatic heterocycles. The van der Waals surface area contributed by atoms with Gasteiger partial charge >= 0.3 is 0 Å². The Morgan fingerprint density at radius 2 is 1.85 bits per heavy atom. The minimum Gasteiger partial charge on any atom is -0.507 e. The van der Waals surface area contributed by atoms with E-state index in [1.165, 1.54) is 12.1 Å². The lowest BCUT2D eigenvalue weighted by Crippen LogP contribution is -2.46. The minimum absolute atomic E-state index is 0.0311. The zero-order valence-corrected chi connectivity index (χ0v) is 18.4. The number of benzene rings is 1. The van der Waals surface area contributed by atoms with E-state index in [9.17, 15) is 15.2 Å². The van der Waals surface area contributed by atoms with E-state index in [4.69, 9.17) is 9.16 Å². The number of non-ortho nitro benzene ring substituents is 1. The quantitative estimate of drug-likeness (QED) is 0.454.